The van der Waals surface area contributed by atoms with E-state index in [0.717, 1.165) is 12.0 Å². The van der Waals surface area contributed by atoms with Crippen molar-refractivity contribution in [3.63, 3.8) is 0 Å². The molecule has 0 saturated heterocycles. The fraction of sp³-hybridized carbons (Fsp3) is 0.278. The standard InChI is InChI=1S/C36H34BrN3O7S/c1-6-8-27-31(35(42)46-7-2)32(25-18-24(43-3)13-14-28(25)44-4)40-34(41)30(48-36(40)39-27)17-23-15-26(37)33(29(16-23)45-5)47-20-22-11-9-21(19-38)10-12-22/h9-18,32H,6-8,20H2,1-5H3/b30-17-/t32-/m1/s1. The Morgan fingerprint density at radius 2 is 1.79 bits per heavy atom. The molecule has 10 nitrogen and oxygen atoms in total. The number of hydrogen-bond acceptors (Lipinski definition) is 10. The Kier molecular flexibility index (Phi) is 11.0. The molecule has 3 aromatic carbocycles. The Bertz CT molecular complexity index is 2100. The van der Waals surface area contributed by atoms with Gasteiger partial charge in [-0.25, -0.2) is 9.79 Å². The van der Waals surface area contributed by atoms with Gasteiger partial charge in [-0.1, -0.05) is 36.8 Å². The van der Waals surface area contributed by atoms with Crippen LogP contribution in [0.1, 0.15) is 55.0 Å². The number of methoxy groups -OCH3 is 3. The number of nitriles is 1. The lowest BCUT2D eigenvalue weighted by Crippen LogP contribution is -2.40. The highest BCUT2D eigenvalue weighted by atomic mass is 79.9. The van der Waals surface area contributed by atoms with Gasteiger partial charge in [0.05, 0.1) is 59.8 Å². The maximum atomic E-state index is 14.3. The van der Waals surface area contributed by atoms with Crippen LogP contribution in [0.15, 0.2) is 80.1 Å². The molecule has 0 spiro atoms. The highest BCUT2D eigenvalue weighted by molar-refractivity contribution is 9.10. The summed E-state index contributed by atoms with van der Waals surface area (Å²) in [5.41, 5.74) is 3.24. The van der Waals surface area contributed by atoms with E-state index in [1.807, 2.05) is 25.1 Å². The Labute approximate surface area is 290 Å². The predicted molar refractivity (Wildman–Crippen MR) is 185 cm³/mol. The molecule has 248 valence electrons. The third-order valence-electron chi connectivity index (χ3n) is 7.64. The predicted octanol–water partition coefficient (Wildman–Crippen LogP) is 5.82. The van der Waals surface area contributed by atoms with Crippen molar-refractivity contribution in [2.45, 2.75) is 39.3 Å². The van der Waals surface area contributed by atoms with Gasteiger partial charge in [0.2, 0.25) is 0 Å². The van der Waals surface area contributed by atoms with Gasteiger partial charge in [-0.05, 0) is 88.9 Å². The number of allylic oxidation sites excluding steroid dienone is 1. The normalized spacial score (nSPS) is 14.1. The smallest absolute Gasteiger partial charge is 0.338 e. The second kappa shape index (κ2) is 15.4. The van der Waals surface area contributed by atoms with Crippen LogP contribution < -0.4 is 33.8 Å². The molecule has 0 fully saturated rings. The van der Waals surface area contributed by atoms with Crippen LogP contribution in [0, 0.1) is 11.3 Å². The summed E-state index contributed by atoms with van der Waals surface area (Å²) in [6.07, 6.45) is 3.00. The van der Waals surface area contributed by atoms with E-state index < -0.39 is 12.0 Å². The number of fused-ring (bicyclic) bond motifs is 1. The topological polar surface area (TPSA) is 121 Å². The first-order valence-corrected chi connectivity index (χ1v) is 16.8. The number of esters is 1. The van der Waals surface area contributed by atoms with E-state index in [9.17, 15) is 9.59 Å². The van der Waals surface area contributed by atoms with E-state index in [1.54, 1.807) is 70.7 Å². The summed E-state index contributed by atoms with van der Waals surface area (Å²) >= 11 is 4.84. The van der Waals surface area contributed by atoms with Crippen LogP contribution in [0.2, 0.25) is 0 Å². The lowest BCUT2D eigenvalue weighted by Gasteiger charge is -2.27. The summed E-state index contributed by atoms with van der Waals surface area (Å²) in [5.74, 6) is 1.45. The van der Waals surface area contributed by atoms with Gasteiger partial charge in [-0.3, -0.25) is 9.36 Å². The number of thiazole rings is 1. The SMILES string of the molecule is CCCC1=C(C(=O)OCC)[C@@H](c2cc(OC)ccc2OC)n2c(s/c(=C\c3cc(Br)c(OCc4ccc(C#N)cc4)c(OC)c3)c2=O)=N1. The first-order valence-electron chi connectivity index (χ1n) is 15.2. The molecule has 1 aromatic heterocycles. The van der Waals surface area contributed by atoms with Crippen molar-refractivity contribution >= 4 is 39.3 Å². The Morgan fingerprint density at radius 3 is 2.44 bits per heavy atom. The molecule has 1 aliphatic rings. The number of carbonyl (C=O) groups is 1. The van der Waals surface area contributed by atoms with Crippen molar-refractivity contribution in [2.24, 2.45) is 4.99 Å². The molecule has 0 radical (unpaired) electrons. The monoisotopic (exact) mass is 731 g/mol. The highest BCUT2D eigenvalue weighted by Crippen LogP contribution is 2.39. The Balaban J connectivity index is 1.63. The second-order valence-corrected chi connectivity index (χ2v) is 12.5. The molecule has 1 aliphatic heterocycles. The van der Waals surface area contributed by atoms with Gasteiger partial charge < -0.3 is 23.7 Å². The molecule has 5 rings (SSSR count). The van der Waals surface area contributed by atoms with Crippen LogP contribution in [0.3, 0.4) is 0 Å². The fourth-order valence-corrected chi connectivity index (χ4v) is 7.01. The first kappa shape index (κ1) is 34.5. The fourth-order valence-electron chi connectivity index (χ4n) is 5.41. The molecule has 12 heteroatoms. The first-order chi connectivity index (χ1) is 23.3. The van der Waals surface area contributed by atoms with Crippen LogP contribution >= 0.6 is 27.3 Å². The number of benzene rings is 3. The molecule has 0 N–H and O–H groups in total. The van der Waals surface area contributed by atoms with Gasteiger partial charge in [0, 0.05) is 5.56 Å². The van der Waals surface area contributed by atoms with Gasteiger partial charge >= 0.3 is 5.97 Å². The molecule has 0 saturated carbocycles. The summed E-state index contributed by atoms with van der Waals surface area (Å²) in [5, 5.41) is 9.07. The van der Waals surface area contributed by atoms with Crippen molar-refractivity contribution in [2.75, 3.05) is 27.9 Å². The van der Waals surface area contributed by atoms with E-state index in [0.29, 0.717) is 65.6 Å². The van der Waals surface area contributed by atoms with Crippen molar-refractivity contribution in [3.05, 3.63) is 112 Å². The minimum atomic E-state index is -0.867. The summed E-state index contributed by atoms with van der Waals surface area (Å²) in [4.78, 5) is 33.2. The van der Waals surface area contributed by atoms with Crippen LogP contribution in [0.25, 0.3) is 6.08 Å². The van der Waals surface area contributed by atoms with Crippen LogP contribution in [-0.2, 0) is 16.1 Å². The lowest BCUT2D eigenvalue weighted by molar-refractivity contribution is -0.139. The molecule has 0 bridgehead atoms. The minimum Gasteiger partial charge on any atom is -0.497 e. The molecule has 4 aromatic rings. The molecule has 0 aliphatic carbocycles. The molecule has 0 amide bonds. The lowest BCUT2D eigenvalue weighted by atomic mass is 9.93. The summed E-state index contributed by atoms with van der Waals surface area (Å²) < 4.78 is 31.1. The van der Waals surface area contributed by atoms with Gasteiger partial charge in [0.1, 0.15) is 24.1 Å². The summed E-state index contributed by atoms with van der Waals surface area (Å²) in [6, 6.07) is 17.3. The van der Waals surface area contributed by atoms with Crippen molar-refractivity contribution < 1.29 is 28.5 Å². The van der Waals surface area contributed by atoms with Gasteiger partial charge in [-0.2, -0.15) is 5.26 Å². The van der Waals surface area contributed by atoms with Gasteiger partial charge in [-0.15, -0.1) is 0 Å². The molecular weight excluding hydrogens is 698 g/mol. The summed E-state index contributed by atoms with van der Waals surface area (Å²) in [7, 11) is 4.64. The van der Waals surface area contributed by atoms with Crippen molar-refractivity contribution in [1.82, 2.24) is 4.57 Å². The number of carbonyl (C=O) groups excluding carboxylic acids is 1. The van der Waals surface area contributed by atoms with E-state index in [-0.39, 0.29) is 24.3 Å². The third-order valence-corrected chi connectivity index (χ3v) is 9.21. The van der Waals surface area contributed by atoms with E-state index in [1.165, 1.54) is 15.9 Å². The van der Waals surface area contributed by atoms with Crippen molar-refractivity contribution in [1.29, 1.82) is 5.26 Å². The highest BCUT2D eigenvalue weighted by Gasteiger charge is 2.36. The van der Waals surface area contributed by atoms with E-state index in [4.69, 9.17) is 33.9 Å². The van der Waals surface area contributed by atoms with Crippen molar-refractivity contribution in [3.8, 4) is 29.1 Å². The molecule has 48 heavy (non-hydrogen) atoms. The van der Waals surface area contributed by atoms with Crippen LogP contribution in [-0.4, -0.2) is 38.5 Å². The number of nitrogens with zero attached hydrogens (tertiary/aromatic N) is 3. The van der Waals surface area contributed by atoms with Crippen LogP contribution in [0.4, 0.5) is 0 Å². The molecule has 2 heterocycles. The number of halogens is 1. The quantitative estimate of drug-likeness (QED) is 0.167. The second-order valence-electron chi connectivity index (χ2n) is 10.7. The number of rotatable bonds is 12. The minimum absolute atomic E-state index is 0.165. The zero-order valence-electron chi connectivity index (χ0n) is 27.2. The third kappa shape index (κ3) is 7.02. The molecule has 1 atom stereocenters. The van der Waals surface area contributed by atoms with Gasteiger partial charge in [0.15, 0.2) is 16.3 Å². The maximum absolute atomic E-state index is 14.3. The Morgan fingerprint density at radius 1 is 1.04 bits per heavy atom. The Hall–Kier alpha value is -4.86. The van der Waals surface area contributed by atoms with E-state index >= 15 is 0 Å². The molecular formula is C36H34BrN3O7S. The molecule has 0 unspecified atom stereocenters. The summed E-state index contributed by atoms with van der Waals surface area (Å²) in [6.45, 7) is 4.17. The average Bonchev–Trinajstić information content (AvgIpc) is 3.40. The number of ether oxygens (including phenoxy) is 5. The average molecular weight is 733 g/mol. The van der Waals surface area contributed by atoms with Crippen LogP contribution in [0.5, 0.6) is 23.0 Å². The number of aromatic nitrogens is 1. The van der Waals surface area contributed by atoms with E-state index in [2.05, 4.69) is 22.0 Å². The van der Waals surface area contributed by atoms with Gasteiger partial charge in [0.25, 0.3) is 5.56 Å². The largest absolute Gasteiger partial charge is 0.497 e. The zero-order chi connectivity index (χ0) is 34.4. The maximum Gasteiger partial charge on any atom is 0.338 e. The zero-order valence-corrected chi connectivity index (χ0v) is 29.6. The number of hydrogen-bond donors (Lipinski definition) is 0.